The molecule has 1 aliphatic rings. The van der Waals surface area contributed by atoms with E-state index in [1.807, 2.05) is 13.8 Å². The molecule has 1 heterocycles. The van der Waals surface area contributed by atoms with Crippen LogP contribution in [0.1, 0.15) is 46.0 Å². The van der Waals surface area contributed by atoms with E-state index in [2.05, 4.69) is 15.5 Å². The molecule has 1 saturated heterocycles. The minimum atomic E-state index is -0.385. The van der Waals surface area contributed by atoms with E-state index in [1.165, 1.54) is 12.8 Å². The molecule has 18 heavy (non-hydrogen) atoms. The largest absolute Gasteiger partial charge is 0.335 e. The summed E-state index contributed by atoms with van der Waals surface area (Å²) in [6.45, 7) is 6.15. The van der Waals surface area contributed by atoms with Gasteiger partial charge in [0.25, 0.3) is 0 Å². The fourth-order valence-corrected chi connectivity index (χ4v) is 2.03. The molecule has 5 nitrogen and oxygen atoms in total. The summed E-state index contributed by atoms with van der Waals surface area (Å²) in [6.07, 6.45) is 5.63. The zero-order valence-electron chi connectivity index (χ0n) is 11.5. The molecule has 0 aromatic heterocycles. The normalized spacial score (nSPS) is 18.8. The van der Waals surface area contributed by atoms with Crippen molar-refractivity contribution in [2.24, 2.45) is 0 Å². The van der Waals surface area contributed by atoms with E-state index in [0.717, 1.165) is 32.4 Å². The van der Waals surface area contributed by atoms with Gasteiger partial charge in [-0.15, -0.1) is 0 Å². The third kappa shape index (κ3) is 6.00. The van der Waals surface area contributed by atoms with Crippen LogP contribution in [0.5, 0.6) is 0 Å². The van der Waals surface area contributed by atoms with Crippen LogP contribution in [-0.2, 0) is 4.79 Å². The summed E-state index contributed by atoms with van der Waals surface area (Å²) in [4.78, 5) is 25.3. The Balaban J connectivity index is 2.25. The number of hydrogen-bond donors (Lipinski definition) is 2. The first-order valence-corrected chi connectivity index (χ1v) is 6.94. The van der Waals surface area contributed by atoms with Gasteiger partial charge < -0.3 is 5.32 Å². The van der Waals surface area contributed by atoms with Gasteiger partial charge in [-0.05, 0) is 39.3 Å². The minimum absolute atomic E-state index is 0.0935. The standard InChI is InChI=1S/C13H25N3O2/c1-3-11(2)14-13(18)15-12(17)10-16-8-6-4-5-7-9-16/h11H,3-10H2,1-2H3,(H2,14,15,17,18)/t11-/m0/s1. The first-order chi connectivity index (χ1) is 8.61. The highest BCUT2D eigenvalue weighted by molar-refractivity contribution is 5.95. The highest BCUT2D eigenvalue weighted by atomic mass is 16.2. The first-order valence-electron chi connectivity index (χ1n) is 6.94. The summed E-state index contributed by atoms with van der Waals surface area (Å²) in [7, 11) is 0. The monoisotopic (exact) mass is 255 g/mol. The van der Waals surface area contributed by atoms with E-state index < -0.39 is 0 Å². The summed E-state index contributed by atoms with van der Waals surface area (Å²) in [5.74, 6) is -0.210. The van der Waals surface area contributed by atoms with Gasteiger partial charge >= 0.3 is 6.03 Å². The van der Waals surface area contributed by atoms with Crippen molar-refractivity contribution in [3.8, 4) is 0 Å². The van der Waals surface area contributed by atoms with Gasteiger partial charge in [0, 0.05) is 6.04 Å². The van der Waals surface area contributed by atoms with E-state index in [-0.39, 0.29) is 18.0 Å². The molecular formula is C13H25N3O2. The van der Waals surface area contributed by atoms with Gasteiger partial charge in [-0.1, -0.05) is 19.8 Å². The summed E-state index contributed by atoms with van der Waals surface area (Å²) in [6, 6.07) is -0.292. The van der Waals surface area contributed by atoms with Gasteiger partial charge in [-0.3, -0.25) is 15.0 Å². The van der Waals surface area contributed by atoms with Crippen LogP contribution in [0.15, 0.2) is 0 Å². The van der Waals surface area contributed by atoms with Crippen LogP contribution in [0.3, 0.4) is 0 Å². The van der Waals surface area contributed by atoms with Crippen LogP contribution in [0, 0.1) is 0 Å². The highest BCUT2D eigenvalue weighted by Crippen LogP contribution is 2.08. The Morgan fingerprint density at radius 2 is 1.78 bits per heavy atom. The Morgan fingerprint density at radius 3 is 2.33 bits per heavy atom. The Hall–Kier alpha value is -1.10. The highest BCUT2D eigenvalue weighted by Gasteiger charge is 2.15. The molecule has 2 N–H and O–H groups in total. The first kappa shape index (κ1) is 15.0. The topological polar surface area (TPSA) is 61.4 Å². The second kappa shape index (κ2) is 8.08. The lowest BCUT2D eigenvalue weighted by Gasteiger charge is -2.19. The minimum Gasteiger partial charge on any atom is -0.335 e. The van der Waals surface area contributed by atoms with Gasteiger partial charge in [0.15, 0.2) is 0 Å². The van der Waals surface area contributed by atoms with E-state index in [9.17, 15) is 9.59 Å². The maximum Gasteiger partial charge on any atom is 0.321 e. The summed E-state index contributed by atoms with van der Waals surface area (Å²) in [5, 5.41) is 5.10. The molecule has 0 spiro atoms. The smallest absolute Gasteiger partial charge is 0.321 e. The maximum absolute atomic E-state index is 11.7. The number of hydrogen-bond acceptors (Lipinski definition) is 3. The number of rotatable bonds is 4. The Kier molecular flexibility index (Phi) is 6.72. The maximum atomic E-state index is 11.7. The van der Waals surface area contributed by atoms with Crippen molar-refractivity contribution in [1.82, 2.24) is 15.5 Å². The molecule has 0 unspecified atom stereocenters. The van der Waals surface area contributed by atoms with Gasteiger partial charge in [-0.25, -0.2) is 4.79 Å². The number of amides is 3. The van der Waals surface area contributed by atoms with Crippen molar-refractivity contribution in [3.05, 3.63) is 0 Å². The van der Waals surface area contributed by atoms with Crippen LogP contribution in [0.25, 0.3) is 0 Å². The van der Waals surface area contributed by atoms with Crippen LogP contribution in [0.4, 0.5) is 4.79 Å². The zero-order valence-corrected chi connectivity index (χ0v) is 11.5. The molecule has 1 fully saturated rings. The molecule has 1 atom stereocenters. The Bertz CT molecular complexity index is 273. The molecule has 0 saturated carbocycles. The van der Waals surface area contributed by atoms with Gasteiger partial charge in [0.1, 0.15) is 0 Å². The summed E-state index contributed by atoms with van der Waals surface area (Å²) < 4.78 is 0. The number of likely N-dealkylation sites (tertiary alicyclic amines) is 1. The lowest BCUT2D eigenvalue weighted by atomic mass is 10.2. The van der Waals surface area contributed by atoms with Gasteiger partial charge in [0.2, 0.25) is 5.91 Å². The SMILES string of the molecule is CC[C@H](C)NC(=O)NC(=O)CN1CCCCCC1. The van der Waals surface area contributed by atoms with E-state index in [4.69, 9.17) is 0 Å². The molecule has 5 heteroatoms. The number of nitrogens with one attached hydrogen (secondary N) is 2. The fourth-order valence-electron chi connectivity index (χ4n) is 2.03. The van der Waals surface area contributed by atoms with Crippen molar-refractivity contribution in [2.75, 3.05) is 19.6 Å². The molecule has 0 aromatic rings. The van der Waals surface area contributed by atoms with E-state index in [0.29, 0.717) is 6.54 Å². The average molecular weight is 255 g/mol. The molecule has 0 radical (unpaired) electrons. The quantitative estimate of drug-likeness (QED) is 0.800. The van der Waals surface area contributed by atoms with Crippen LogP contribution in [-0.4, -0.2) is 42.5 Å². The van der Waals surface area contributed by atoms with E-state index >= 15 is 0 Å². The number of carbonyl (C=O) groups excluding carboxylic acids is 2. The van der Waals surface area contributed by atoms with Crippen LogP contribution in [0.2, 0.25) is 0 Å². The van der Waals surface area contributed by atoms with Gasteiger partial charge in [0.05, 0.1) is 6.54 Å². The lowest BCUT2D eigenvalue weighted by molar-refractivity contribution is -0.121. The molecule has 0 aromatic carbocycles. The predicted octanol–water partition coefficient (Wildman–Crippen LogP) is 1.49. The third-order valence-electron chi connectivity index (χ3n) is 3.31. The molecule has 1 rings (SSSR count). The van der Waals surface area contributed by atoms with Crippen molar-refractivity contribution < 1.29 is 9.59 Å². The van der Waals surface area contributed by atoms with Crippen LogP contribution >= 0.6 is 0 Å². The number of urea groups is 1. The van der Waals surface area contributed by atoms with E-state index in [1.54, 1.807) is 0 Å². The second-order valence-corrected chi connectivity index (χ2v) is 5.02. The molecule has 3 amide bonds. The second-order valence-electron chi connectivity index (χ2n) is 5.02. The van der Waals surface area contributed by atoms with Crippen molar-refractivity contribution >= 4 is 11.9 Å². The fraction of sp³-hybridized carbons (Fsp3) is 0.846. The Labute approximate surface area is 109 Å². The summed E-state index contributed by atoms with van der Waals surface area (Å²) in [5.41, 5.74) is 0. The third-order valence-corrected chi connectivity index (χ3v) is 3.31. The van der Waals surface area contributed by atoms with Crippen molar-refractivity contribution in [2.45, 2.75) is 52.0 Å². The average Bonchev–Trinajstić information content (AvgIpc) is 2.57. The Morgan fingerprint density at radius 1 is 1.17 bits per heavy atom. The molecule has 0 aliphatic carbocycles. The van der Waals surface area contributed by atoms with Crippen LogP contribution < -0.4 is 10.6 Å². The molecule has 104 valence electrons. The number of carbonyl (C=O) groups is 2. The number of imide groups is 1. The lowest BCUT2D eigenvalue weighted by Crippen LogP contribution is -2.47. The molecule has 0 bridgehead atoms. The van der Waals surface area contributed by atoms with Gasteiger partial charge in [-0.2, -0.15) is 0 Å². The summed E-state index contributed by atoms with van der Waals surface area (Å²) >= 11 is 0. The molecular weight excluding hydrogens is 230 g/mol. The predicted molar refractivity (Wildman–Crippen MR) is 71.3 cm³/mol. The zero-order chi connectivity index (χ0) is 13.4. The van der Waals surface area contributed by atoms with Crippen molar-refractivity contribution in [3.63, 3.8) is 0 Å². The molecule has 1 aliphatic heterocycles. The number of nitrogens with zero attached hydrogens (tertiary/aromatic N) is 1. The van der Waals surface area contributed by atoms with Crippen molar-refractivity contribution in [1.29, 1.82) is 0 Å².